The molecule has 10 heteroatoms. The van der Waals surface area contributed by atoms with Gasteiger partial charge in [0.05, 0.1) is 27.3 Å². The van der Waals surface area contributed by atoms with Crippen LogP contribution in [0, 0.1) is 0 Å². The van der Waals surface area contributed by atoms with Gasteiger partial charge in [-0.1, -0.05) is 23.7 Å². The first kappa shape index (κ1) is 23.2. The first-order valence-corrected chi connectivity index (χ1v) is 11.6. The highest BCUT2D eigenvalue weighted by molar-refractivity contribution is 7.89. The Morgan fingerprint density at radius 2 is 1.90 bits per heavy atom. The third-order valence-electron chi connectivity index (χ3n) is 4.71. The molecule has 0 saturated carbocycles. The molecule has 2 unspecified atom stereocenters. The molecule has 0 radical (unpaired) electrons. The minimum atomic E-state index is -3.72. The zero-order valence-electron chi connectivity index (χ0n) is 16.8. The number of sulfonamides is 1. The number of carbonyl (C=O) groups is 2. The van der Waals surface area contributed by atoms with Crippen LogP contribution >= 0.6 is 11.6 Å². The van der Waals surface area contributed by atoms with Gasteiger partial charge in [-0.25, -0.2) is 17.9 Å². The number of ether oxygens (including phenoxy) is 2. The normalized spacial score (nSPS) is 17.2. The van der Waals surface area contributed by atoms with Crippen LogP contribution in [0.1, 0.15) is 30.1 Å². The van der Waals surface area contributed by atoms with Gasteiger partial charge < -0.3 is 14.8 Å². The summed E-state index contributed by atoms with van der Waals surface area (Å²) < 4.78 is 37.9. The number of para-hydroxylation sites is 1. The third kappa shape index (κ3) is 6.27. The van der Waals surface area contributed by atoms with Crippen LogP contribution in [0.5, 0.6) is 0 Å². The molecule has 0 spiro atoms. The molecule has 31 heavy (non-hydrogen) atoms. The van der Waals surface area contributed by atoms with E-state index in [-0.39, 0.29) is 23.1 Å². The number of hydrogen-bond donors (Lipinski definition) is 2. The van der Waals surface area contributed by atoms with E-state index in [0.29, 0.717) is 17.3 Å². The van der Waals surface area contributed by atoms with Crippen molar-refractivity contribution in [2.24, 2.45) is 0 Å². The molecule has 1 saturated heterocycles. The summed E-state index contributed by atoms with van der Waals surface area (Å²) >= 11 is 6.00. The van der Waals surface area contributed by atoms with Crippen molar-refractivity contribution in [3.05, 3.63) is 59.1 Å². The summed E-state index contributed by atoms with van der Waals surface area (Å²) in [5.74, 6) is -1.29. The van der Waals surface area contributed by atoms with Crippen molar-refractivity contribution in [1.29, 1.82) is 0 Å². The van der Waals surface area contributed by atoms with Gasteiger partial charge >= 0.3 is 5.97 Å². The lowest BCUT2D eigenvalue weighted by Crippen LogP contribution is -2.32. The largest absolute Gasteiger partial charge is 0.449 e. The fraction of sp³-hybridized carbons (Fsp3) is 0.333. The Bertz CT molecular complexity index is 1040. The molecule has 2 atom stereocenters. The van der Waals surface area contributed by atoms with Gasteiger partial charge in [0.15, 0.2) is 6.10 Å². The van der Waals surface area contributed by atoms with E-state index >= 15 is 0 Å². The quantitative estimate of drug-likeness (QED) is 0.578. The Labute approximate surface area is 185 Å². The van der Waals surface area contributed by atoms with Gasteiger partial charge in [0.1, 0.15) is 0 Å². The van der Waals surface area contributed by atoms with Crippen LogP contribution in [-0.4, -0.2) is 45.7 Å². The van der Waals surface area contributed by atoms with Crippen LogP contribution in [0.25, 0.3) is 0 Å². The predicted molar refractivity (Wildman–Crippen MR) is 116 cm³/mol. The number of hydrogen-bond acceptors (Lipinski definition) is 6. The van der Waals surface area contributed by atoms with E-state index in [0.717, 1.165) is 12.8 Å². The van der Waals surface area contributed by atoms with E-state index in [1.807, 2.05) is 0 Å². The second-order valence-electron chi connectivity index (χ2n) is 7.03. The van der Waals surface area contributed by atoms with Gasteiger partial charge in [-0.2, -0.15) is 0 Å². The van der Waals surface area contributed by atoms with Crippen LogP contribution in [0.3, 0.4) is 0 Å². The van der Waals surface area contributed by atoms with Gasteiger partial charge in [-0.15, -0.1) is 0 Å². The SMILES string of the molecule is CC(OC(=O)c1ccc(S(=O)(=O)NCC2CCCO2)cc1)C(=O)Nc1ccccc1Cl. The number of amides is 1. The van der Waals surface area contributed by atoms with E-state index in [4.69, 9.17) is 21.1 Å². The average Bonchev–Trinajstić information content (AvgIpc) is 3.28. The maximum Gasteiger partial charge on any atom is 0.338 e. The van der Waals surface area contributed by atoms with Crippen molar-refractivity contribution < 1.29 is 27.5 Å². The smallest absolute Gasteiger partial charge is 0.338 e. The molecular formula is C21H23ClN2O6S. The minimum Gasteiger partial charge on any atom is -0.449 e. The number of halogens is 1. The van der Waals surface area contributed by atoms with Crippen LogP contribution in [-0.2, 0) is 24.3 Å². The predicted octanol–water partition coefficient (Wildman–Crippen LogP) is 2.98. The standard InChI is InChI=1S/C21H23ClN2O6S/c1-14(20(25)24-19-7-3-2-6-18(19)22)30-21(26)15-8-10-17(11-9-15)31(27,28)23-13-16-5-4-12-29-16/h2-3,6-11,14,16,23H,4-5,12-13H2,1H3,(H,24,25). The van der Waals surface area contributed by atoms with Crippen LogP contribution in [0.15, 0.2) is 53.4 Å². The lowest BCUT2D eigenvalue weighted by Gasteiger charge is -2.14. The second-order valence-corrected chi connectivity index (χ2v) is 9.20. The summed E-state index contributed by atoms with van der Waals surface area (Å²) in [4.78, 5) is 24.6. The molecule has 0 aromatic heterocycles. The Morgan fingerprint density at radius 3 is 2.55 bits per heavy atom. The van der Waals surface area contributed by atoms with Crippen molar-refractivity contribution >= 4 is 39.2 Å². The molecule has 1 aliphatic heterocycles. The van der Waals surface area contributed by atoms with E-state index in [2.05, 4.69) is 10.0 Å². The molecule has 2 N–H and O–H groups in total. The van der Waals surface area contributed by atoms with Crippen molar-refractivity contribution in [2.45, 2.75) is 36.9 Å². The highest BCUT2D eigenvalue weighted by Crippen LogP contribution is 2.21. The van der Waals surface area contributed by atoms with Gasteiger partial charge in [0.25, 0.3) is 5.91 Å². The van der Waals surface area contributed by atoms with E-state index in [1.54, 1.807) is 24.3 Å². The average molecular weight is 467 g/mol. The van der Waals surface area contributed by atoms with Crippen LogP contribution in [0.2, 0.25) is 5.02 Å². The molecule has 3 rings (SSSR count). The molecule has 0 bridgehead atoms. The topological polar surface area (TPSA) is 111 Å². The Hall–Kier alpha value is -2.46. The summed E-state index contributed by atoms with van der Waals surface area (Å²) in [6.07, 6.45) is 0.524. The van der Waals surface area contributed by atoms with Gasteiger partial charge in [0, 0.05) is 13.2 Å². The van der Waals surface area contributed by atoms with Crippen molar-refractivity contribution in [1.82, 2.24) is 4.72 Å². The Balaban J connectivity index is 1.56. The fourth-order valence-corrected chi connectivity index (χ4v) is 4.19. The second kappa shape index (κ2) is 10.2. The van der Waals surface area contributed by atoms with Crippen LogP contribution < -0.4 is 10.0 Å². The highest BCUT2D eigenvalue weighted by Gasteiger charge is 2.22. The molecule has 1 fully saturated rings. The maximum absolute atomic E-state index is 12.4. The van der Waals surface area contributed by atoms with Crippen molar-refractivity contribution in [3.8, 4) is 0 Å². The number of anilines is 1. The van der Waals surface area contributed by atoms with Gasteiger partial charge in [-0.3, -0.25) is 4.79 Å². The van der Waals surface area contributed by atoms with Crippen molar-refractivity contribution in [2.75, 3.05) is 18.5 Å². The number of esters is 1. The molecule has 1 aliphatic rings. The summed E-state index contributed by atoms with van der Waals surface area (Å²) in [6, 6.07) is 12.0. The van der Waals surface area contributed by atoms with E-state index in [1.165, 1.54) is 31.2 Å². The molecule has 0 aliphatic carbocycles. The van der Waals surface area contributed by atoms with E-state index < -0.39 is 28.0 Å². The molecule has 2 aromatic rings. The van der Waals surface area contributed by atoms with Crippen LogP contribution in [0.4, 0.5) is 5.69 Å². The lowest BCUT2D eigenvalue weighted by atomic mass is 10.2. The number of carbonyl (C=O) groups excluding carboxylic acids is 2. The van der Waals surface area contributed by atoms with Gasteiger partial charge in [-0.05, 0) is 56.2 Å². The fourth-order valence-electron chi connectivity index (χ4n) is 2.94. The zero-order chi connectivity index (χ0) is 22.4. The maximum atomic E-state index is 12.4. The molecule has 8 nitrogen and oxygen atoms in total. The Morgan fingerprint density at radius 1 is 1.19 bits per heavy atom. The highest BCUT2D eigenvalue weighted by atomic mass is 35.5. The Kier molecular flexibility index (Phi) is 7.66. The zero-order valence-corrected chi connectivity index (χ0v) is 18.4. The minimum absolute atomic E-state index is 0.0200. The van der Waals surface area contributed by atoms with Gasteiger partial charge in [0.2, 0.25) is 10.0 Å². The van der Waals surface area contributed by atoms with Crippen molar-refractivity contribution in [3.63, 3.8) is 0 Å². The summed E-state index contributed by atoms with van der Waals surface area (Å²) in [5.41, 5.74) is 0.526. The number of rotatable bonds is 8. The lowest BCUT2D eigenvalue weighted by molar-refractivity contribution is -0.123. The molecular weight excluding hydrogens is 444 g/mol. The van der Waals surface area contributed by atoms with E-state index in [9.17, 15) is 18.0 Å². The summed E-state index contributed by atoms with van der Waals surface area (Å²) in [6.45, 7) is 2.26. The first-order chi connectivity index (χ1) is 14.8. The first-order valence-electron chi connectivity index (χ1n) is 9.74. The third-order valence-corrected chi connectivity index (χ3v) is 6.48. The molecule has 1 amide bonds. The molecule has 2 aromatic carbocycles. The number of benzene rings is 2. The molecule has 166 valence electrons. The summed E-state index contributed by atoms with van der Waals surface area (Å²) in [7, 11) is -3.72. The monoisotopic (exact) mass is 466 g/mol. The number of nitrogens with one attached hydrogen (secondary N) is 2. The summed E-state index contributed by atoms with van der Waals surface area (Å²) in [5, 5.41) is 2.95. The molecule has 1 heterocycles.